The Balaban J connectivity index is 1.73. The Hall–Kier alpha value is -1.65. The van der Waals surface area contributed by atoms with Crippen LogP contribution in [0.5, 0.6) is 0 Å². The molecular weight excluding hydrogens is 344 g/mol. The topological polar surface area (TPSA) is 24.9 Å². The van der Waals surface area contributed by atoms with Gasteiger partial charge in [-0.2, -0.15) is 0 Å². The third kappa shape index (κ3) is 3.52. The molecule has 2 nitrogen and oxygen atoms in total. The lowest BCUT2D eigenvalue weighted by Crippen LogP contribution is -2.06. The molecule has 4 heteroatoms. The van der Waals surface area contributed by atoms with Gasteiger partial charge in [-0.05, 0) is 48.9 Å². The van der Waals surface area contributed by atoms with Crippen molar-refractivity contribution in [2.24, 2.45) is 0 Å². The summed E-state index contributed by atoms with van der Waals surface area (Å²) in [5, 5.41) is 6.57. The maximum atomic E-state index is 4.33. The van der Waals surface area contributed by atoms with E-state index in [0.29, 0.717) is 0 Å². The molecule has 1 heterocycles. The third-order valence-electron chi connectivity index (χ3n) is 3.30. The average Bonchev–Trinajstić information content (AvgIpc) is 3.02. The highest BCUT2D eigenvalue weighted by molar-refractivity contribution is 9.10. The summed E-state index contributed by atoms with van der Waals surface area (Å²) in [4.78, 5) is 4.33. The maximum Gasteiger partial charge on any atom is 0.123 e. The summed E-state index contributed by atoms with van der Waals surface area (Å²) >= 11 is 5.17. The zero-order valence-corrected chi connectivity index (χ0v) is 14.0. The van der Waals surface area contributed by atoms with Crippen LogP contribution < -0.4 is 5.32 Å². The first-order valence-corrected chi connectivity index (χ1v) is 8.41. The molecule has 21 heavy (non-hydrogen) atoms. The van der Waals surface area contributed by atoms with Crippen molar-refractivity contribution in [3.8, 4) is 10.6 Å². The summed E-state index contributed by atoms with van der Waals surface area (Å²) in [5.41, 5.74) is 3.53. The minimum Gasteiger partial charge on any atom is -0.379 e. The summed E-state index contributed by atoms with van der Waals surface area (Å²) in [6.45, 7) is 2.16. The average molecular weight is 359 g/mol. The van der Waals surface area contributed by atoms with Crippen molar-refractivity contribution in [2.45, 2.75) is 13.0 Å². The number of nitrogens with zero attached hydrogens (tertiary/aromatic N) is 1. The summed E-state index contributed by atoms with van der Waals surface area (Å²) in [7, 11) is 0. The highest BCUT2D eigenvalue weighted by Crippen LogP contribution is 2.26. The van der Waals surface area contributed by atoms with Crippen LogP contribution >= 0.6 is 27.3 Å². The van der Waals surface area contributed by atoms with Gasteiger partial charge in [0.2, 0.25) is 0 Å². The molecule has 3 rings (SSSR count). The minimum atomic E-state index is 0.258. The van der Waals surface area contributed by atoms with Crippen molar-refractivity contribution in [1.82, 2.24) is 4.98 Å². The van der Waals surface area contributed by atoms with E-state index in [-0.39, 0.29) is 6.04 Å². The van der Waals surface area contributed by atoms with Crippen LogP contribution in [0.2, 0.25) is 0 Å². The fourth-order valence-corrected chi connectivity index (χ4v) is 3.25. The van der Waals surface area contributed by atoms with Crippen molar-refractivity contribution >= 4 is 33.0 Å². The van der Waals surface area contributed by atoms with E-state index in [1.807, 2.05) is 17.6 Å². The first-order chi connectivity index (χ1) is 10.2. The van der Waals surface area contributed by atoms with Crippen LogP contribution in [0.15, 0.2) is 64.6 Å². The van der Waals surface area contributed by atoms with Gasteiger partial charge < -0.3 is 5.32 Å². The monoisotopic (exact) mass is 358 g/mol. The predicted octanol–water partition coefficient (Wildman–Crippen LogP) is 5.75. The van der Waals surface area contributed by atoms with Crippen molar-refractivity contribution in [2.75, 3.05) is 5.32 Å². The molecule has 1 N–H and O–H groups in total. The molecule has 0 saturated carbocycles. The van der Waals surface area contributed by atoms with Crippen molar-refractivity contribution < 1.29 is 0 Å². The molecule has 106 valence electrons. The Morgan fingerprint density at radius 3 is 2.62 bits per heavy atom. The number of benzene rings is 2. The van der Waals surface area contributed by atoms with Gasteiger partial charge in [0.1, 0.15) is 5.01 Å². The second kappa shape index (κ2) is 6.41. The fourth-order valence-electron chi connectivity index (χ4n) is 2.18. The number of anilines is 1. The van der Waals surface area contributed by atoms with Gasteiger partial charge in [-0.3, -0.25) is 0 Å². The van der Waals surface area contributed by atoms with E-state index in [0.717, 1.165) is 20.7 Å². The quantitative estimate of drug-likeness (QED) is 0.642. The molecule has 0 radical (unpaired) electrons. The summed E-state index contributed by atoms with van der Waals surface area (Å²) in [6.07, 6.45) is 1.83. The molecular formula is C17H15BrN2S. The molecule has 1 unspecified atom stereocenters. The van der Waals surface area contributed by atoms with Crippen LogP contribution in [-0.2, 0) is 0 Å². The molecule has 0 aliphatic carbocycles. The molecule has 0 fully saturated rings. The van der Waals surface area contributed by atoms with E-state index in [2.05, 4.69) is 75.6 Å². The smallest absolute Gasteiger partial charge is 0.123 e. The summed E-state index contributed by atoms with van der Waals surface area (Å²) in [6, 6.07) is 17.0. The van der Waals surface area contributed by atoms with Gasteiger partial charge in [0.15, 0.2) is 0 Å². The zero-order valence-electron chi connectivity index (χ0n) is 11.6. The van der Waals surface area contributed by atoms with Crippen LogP contribution in [0.25, 0.3) is 10.6 Å². The third-order valence-corrected chi connectivity index (χ3v) is 4.61. The molecule has 1 aromatic heterocycles. The Morgan fingerprint density at radius 2 is 1.95 bits per heavy atom. The number of hydrogen-bond donors (Lipinski definition) is 1. The predicted molar refractivity (Wildman–Crippen MR) is 93.7 cm³/mol. The minimum absolute atomic E-state index is 0.258. The first-order valence-electron chi connectivity index (χ1n) is 6.74. The van der Waals surface area contributed by atoms with Gasteiger partial charge in [-0.25, -0.2) is 4.98 Å². The Bertz CT molecular complexity index is 708. The molecule has 0 bridgehead atoms. The molecule has 0 spiro atoms. The van der Waals surface area contributed by atoms with E-state index in [9.17, 15) is 0 Å². The van der Waals surface area contributed by atoms with Crippen molar-refractivity contribution in [3.63, 3.8) is 0 Å². The second-order valence-electron chi connectivity index (χ2n) is 4.84. The lowest BCUT2D eigenvalue weighted by Gasteiger charge is -2.16. The number of halogens is 1. The lowest BCUT2D eigenvalue weighted by atomic mass is 10.1. The van der Waals surface area contributed by atoms with E-state index in [1.165, 1.54) is 5.56 Å². The van der Waals surface area contributed by atoms with Crippen LogP contribution in [0.3, 0.4) is 0 Å². The van der Waals surface area contributed by atoms with Gasteiger partial charge in [-0.15, -0.1) is 11.3 Å². The summed E-state index contributed by atoms with van der Waals surface area (Å²) in [5.74, 6) is 0. The molecule has 2 aromatic carbocycles. The number of aromatic nitrogens is 1. The van der Waals surface area contributed by atoms with E-state index < -0.39 is 0 Å². The van der Waals surface area contributed by atoms with Gasteiger partial charge in [-0.1, -0.05) is 28.1 Å². The normalized spacial score (nSPS) is 12.1. The molecule has 3 aromatic rings. The van der Waals surface area contributed by atoms with Gasteiger partial charge in [0.25, 0.3) is 0 Å². The molecule has 0 aliphatic heterocycles. The van der Waals surface area contributed by atoms with Gasteiger partial charge in [0, 0.05) is 33.3 Å². The van der Waals surface area contributed by atoms with Crippen LogP contribution in [0.4, 0.5) is 5.69 Å². The van der Waals surface area contributed by atoms with Gasteiger partial charge in [0.05, 0.1) is 0 Å². The largest absolute Gasteiger partial charge is 0.379 e. The molecule has 0 saturated heterocycles. The zero-order chi connectivity index (χ0) is 14.7. The highest BCUT2D eigenvalue weighted by atomic mass is 79.9. The first kappa shape index (κ1) is 14.3. The SMILES string of the molecule is CC(Nc1ccc(-c2nccs2)cc1)c1cccc(Br)c1. The number of nitrogens with one attached hydrogen (secondary N) is 1. The Kier molecular flexibility index (Phi) is 4.36. The molecule has 0 aliphatic rings. The van der Waals surface area contributed by atoms with E-state index >= 15 is 0 Å². The second-order valence-corrected chi connectivity index (χ2v) is 6.65. The van der Waals surface area contributed by atoms with Crippen molar-refractivity contribution in [3.05, 3.63) is 70.1 Å². The lowest BCUT2D eigenvalue weighted by molar-refractivity contribution is 0.884. The Morgan fingerprint density at radius 1 is 1.14 bits per heavy atom. The standard InChI is InChI=1S/C17H15BrN2S/c1-12(14-3-2-4-15(18)11-14)20-16-7-5-13(6-8-16)17-19-9-10-21-17/h2-12,20H,1H3. The van der Waals surface area contributed by atoms with Crippen LogP contribution in [0, 0.1) is 0 Å². The maximum absolute atomic E-state index is 4.33. The highest BCUT2D eigenvalue weighted by Gasteiger charge is 2.06. The summed E-state index contributed by atoms with van der Waals surface area (Å²) < 4.78 is 1.10. The van der Waals surface area contributed by atoms with E-state index in [4.69, 9.17) is 0 Å². The van der Waals surface area contributed by atoms with Crippen molar-refractivity contribution in [1.29, 1.82) is 0 Å². The number of rotatable bonds is 4. The van der Waals surface area contributed by atoms with E-state index in [1.54, 1.807) is 11.3 Å². The van der Waals surface area contributed by atoms with Gasteiger partial charge >= 0.3 is 0 Å². The molecule has 0 amide bonds. The van der Waals surface area contributed by atoms with Crippen LogP contribution in [-0.4, -0.2) is 4.98 Å². The Labute approximate surface area is 137 Å². The fraction of sp³-hybridized carbons (Fsp3) is 0.118. The number of thiazole rings is 1. The molecule has 1 atom stereocenters. The van der Waals surface area contributed by atoms with Crippen LogP contribution in [0.1, 0.15) is 18.5 Å². The number of hydrogen-bond acceptors (Lipinski definition) is 3.